The lowest BCUT2D eigenvalue weighted by Crippen LogP contribution is -2.51. The van der Waals surface area contributed by atoms with E-state index in [0.717, 1.165) is 31.9 Å². The smallest absolute Gasteiger partial charge is 0.250 e. The zero-order valence-corrected chi connectivity index (χ0v) is 11.5. The molecule has 1 saturated heterocycles. The molecule has 2 heterocycles. The molecule has 0 radical (unpaired) electrons. The van der Waals surface area contributed by atoms with Crippen LogP contribution in [0.1, 0.15) is 23.7 Å². The molecule has 2 rings (SSSR count). The molecule has 0 aliphatic carbocycles. The number of piperazine rings is 1. The van der Waals surface area contributed by atoms with E-state index >= 15 is 0 Å². The van der Waals surface area contributed by atoms with Gasteiger partial charge in [0.2, 0.25) is 0 Å². The molecule has 1 unspecified atom stereocenters. The van der Waals surface area contributed by atoms with Crippen molar-refractivity contribution in [2.75, 3.05) is 37.3 Å². The van der Waals surface area contributed by atoms with Crippen molar-refractivity contribution in [2.24, 2.45) is 5.73 Å². The van der Waals surface area contributed by atoms with E-state index in [2.05, 4.69) is 28.8 Å². The number of nitrogens with zero attached hydrogens (tertiary/aromatic N) is 3. The summed E-state index contributed by atoms with van der Waals surface area (Å²) in [6.07, 6.45) is 2.60. The van der Waals surface area contributed by atoms with Gasteiger partial charge in [-0.1, -0.05) is 6.92 Å². The number of rotatable bonds is 3. The van der Waals surface area contributed by atoms with E-state index in [1.807, 2.05) is 0 Å². The number of pyridine rings is 1. The van der Waals surface area contributed by atoms with Gasteiger partial charge in [0.1, 0.15) is 5.82 Å². The largest absolute Gasteiger partial charge is 0.397 e. The van der Waals surface area contributed by atoms with Crippen molar-refractivity contribution >= 4 is 17.4 Å². The van der Waals surface area contributed by atoms with Crippen LogP contribution in [0.25, 0.3) is 0 Å². The molecular weight excluding hydrogens is 242 g/mol. The fourth-order valence-electron chi connectivity index (χ4n) is 2.44. The Morgan fingerprint density at radius 3 is 2.89 bits per heavy atom. The van der Waals surface area contributed by atoms with E-state index in [1.165, 1.54) is 6.20 Å². The van der Waals surface area contributed by atoms with E-state index in [4.69, 9.17) is 11.5 Å². The number of hydrogen-bond acceptors (Lipinski definition) is 5. The summed E-state index contributed by atoms with van der Waals surface area (Å²) in [5, 5.41) is 0. The molecule has 19 heavy (non-hydrogen) atoms. The third-order valence-electron chi connectivity index (χ3n) is 3.76. The highest BCUT2D eigenvalue weighted by molar-refractivity contribution is 5.98. The maximum Gasteiger partial charge on any atom is 0.250 e. The summed E-state index contributed by atoms with van der Waals surface area (Å²) in [6.45, 7) is 4.95. The van der Waals surface area contributed by atoms with Gasteiger partial charge in [-0.05, 0) is 19.5 Å². The second-order valence-corrected chi connectivity index (χ2v) is 4.98. The maximum absolute atomic E-state index is 11.3. The van der Waals surface area contributed by atoms with E-state index in [-0.39, 0.29) is 0 Å². The molecule has 1 amide bonds. The average molecular weight is 263 g/mol. The molecule has 0 spiro atoms. The highest BCUT2D eigenvalue weighted by Crippen LogP contribution is 2.21. The lowest BCUT2D eigenvalue weighted by molar-refractivity contribution is 0.100. The Morgan fingerprint density at radius 1 is 1.53 bits per heavy atom. The Hall–Kier alpha value is -1.82. The molecule has 0 bridgehead atoms. The topological polar surface area (TPSA) is 88.5 Å². The maximum atomic E-state index is 11.3. The normalized spacial score (nSPS) is 20.5. The molecule has 4 N–H and O–H groups in total. The lowest BCUT2D eigenvalue weighted by atomic mass is 10.1. The van der Waals surface area contributed by atoms with Crippen LogP contribution in [0.3, 0.4) is 0 Å². The summed E-state index contributed by atoms with van der Waals surface area (Å²) >= 11 is 0. The molecule has 1 atom stereocenters. The van der Waals surface area contributed by atoms with Crippen LogP contribution in [-0.4, -0.2) is 48.5 Å². The number of primary amides is 1. The summed E-state index contributed by atoms with van der Waals surface area (Å²) in [7, 11) is 2.14. The van der Waals surface area contributed by atoms with Gasteiger partial charge in [0.05, 0.1) is 17.4 Å². The minimum absolute atomic E-state index is 0.331. The number of aromatic nitrogens is 1. The van der Waals surface area contributed by atoms with Gasteiger partial charge < -0.3 is 16.4 Å². The number of nitrogens with two attached hydrogens (primary N) is 2. The van der Waals surface area contributed by atoms with Crippen LogP contribution in [0.5, 0.6) is 0 Å². The van der Waals surface area contributed by atoms with Crippen LogP contribution in [0, 0.1) is 0 Å². The molecule has 104 valence electrons. The first-order valence-electron chi connectivity index (χ1n) is 6.53. The molecule has 1 fully saturated rings. The summed E-state index contributed by atoms with van der Waals surface area (Å²) in [4.78, 5) is 20.2. The molecule has 1 aromatic heterocycles. The number of carbonyl (C=O) groups excluding carboxylic acids is 1. The number of anilines is 2. The molecule has 6 heteroatoms. The minimum atomic E-state index is -0.512. The second kappa shape index (κ2) is 5.44. The van der Waals surface area contributed by atoms with E-state index < -0.39 is 5.91 Å². The first-order valence-corrected chi connectivity index (χ1v) is 6.53. The van der Waals surface area contributed by atoms with Crippen LogP contribution >= 0.6 is 0 Å². The highest BCUT2D eigenvalue weighted by Gasteiger charge is 2.24. The second-order valence-electron chi connectivity index (χ2n) is 4.98. The molecule has 1 aliphatic heterocycles. The summed E-state index contributed by atoms with van der Waals surface area (Å²) in [5.41, 5.74) is 11.7. The van der Waals surface area contributed by atoms with Gasteiger partial charge >= 0.3 is 0 Å². The molecule has 0 saturated carbocycles. The summed E-state index contributed by atoms with van der Waals surface area (Å²) in [5.74, 6) is 0.261. The van der Waals surface area contributed by atoms with Gasteiger partial charge in [-0.25, -0.2) is 4.98 Å². The summed E-state index contributed by atoms with van der Waals surface area (Å²) < 4.78 is 0. The lowest BCUT2D eigenvalue weighted by Gasteiger charge is -2.39. The Balaban J connectivity index is 2.22. The van der Waals surface area contributed by atoms with Gasteiger partial charge in [0, 0.05) is 25.7 Å². The molecule has 0 aromatic carbocycles. The van der Waals surface area contributed by atoms with Crippen molar-refractivity contribution in [3.8, 4) is 0 Å². The van der Waals surface area contributed by atoms with Crippen molar-refractivity contribution in [1.82, 2.24) is 9.88 Å². The zero-order valence-electron chi connectivity index (χ0n) is 11.5. The first kappa shape index (κ1) is 13.6. The Morgan fingerprint density at radius 2 is 2.26 bits per heavy atom. The Bertz CT molecular complexity index is 476. The van der Waals surface area contributed by atoms with Gasteiger partial charge in [-0.3, -0.25) is 9.69 Å². The number of likely N-dealkylation sites (N-methyl/N-ethyl adjacent to an activating group) is 1. The standard InChI is InChI=1S/C13H21N5O/c1-3-9-8-18(5-4-17(9)2)12-6-10(13(15)19)11(14)7-16-12/h6-7,9H,3-5,8,14H2,1-2H3,(H2,15,19). The van der Waals surface area contributed by atoms with Crippen LogP contribution in [0.2, 0.25) is 0 Å². The summed E-state index contributed by atoms with van der Waals surface area (Å²) in [6, 6.07) is 2.19. The van der Waals surface area contributed by atoms with Crippen LogP contribution in [0.4, 0.5) is 11.5 Å². The van der Waals surface area contributed by atoms with Crippen LogP contribution in [0.15, 0.2) is 12.3 Å². The molecule has 1 aromatic rings. The van der Waals surface area contributed by atoms with E-state index in [0.29, 0.717) is 17.3 Å². The third kappa shape index (κ3) is 2.78. The number of carbonyl (C=O) groups is 1. The predicted molar refractivity (Wildman–Crippen MR) is 76.1 cm³/mol. The van der Waals surface area contributed by atoms with Crippen molar-refractivity contribution in [3.05, 3.63) is 17.8 Å². The quantitative estimate of drug-likeness (QED) is 0.818. The van der Waals surface area contributed by atoms with Gasteiger partial charge in [0.25, 0.3) is 5.91 Å². The van der Waals surface area contributed by atoms with Gasteiger partial charge in [0.15, 0.2) is 0 Å². The van der Waals surface area contributed by atoms with Gasteiger partial charge in [-0.15, -0.1) is 0 Å². The fourth-order valence-corrected chi connectivity index (χ4v) is 2.44. The van der Waals surface area contributed by atoms with Crippen molar-refractivity contribution in [3.63, 3.8) is 0 Å². The zero-order chi connectivity index (χ0) is 14.0. The van der Waals surface area contributed by atoms with Crippen molar-refractivity contribution in [2.45, 2.75) is 19.4 Å². The van der Waals surface area contributed by atoms with E-state index in [9.17, 15) is 4.79 Å². The minimum Gasteiger partial charge on any atom is -0.397 e. The van der Waals surface area contributed by atoms with Crippen LogP contribution < -0.4 is 16.4 Å². The fraction of sp³-hybridized carbons (Fsp3) is 0.538. The van der Waals surface area contributed by atoms with Gasteiger partial charge in [-0.2, -0.15) is 0 Å². The average Bonchev–Trinajstić information content (AvgIpc) is 2.39. The predicted octanol–water partition coefficient (Wildman–Crippen LogP) is 0.293. The van der Waals surface area contributed by atoms with Crippen molar-refractivity contribution in [1.29, 1.82) is 0 Å². The number of hydrogen-bond donors (Lipinski definition) is 2. The molecule has 1 aliphatic rings. The number of amides is 1. The van der Waals surface area contributed by atoms with Crippen LogP contribution in [-0.2, 0) is 0 Å². The number of nitrogen functional groups attached to an aromatic ring is 1. The third-order valence-corrected chi connectivity index (χ3v) is 3.76. The van der Waals surface area contributed by atoms with E-state index in [1.54, 1.807) is 6.07 Å². The molecular formula is C13H21N5O. The van der Waals surface area contributed by atoms with Crippen molar-refractivity contribution < 1.29 is 4.79 Å². The monoisotopic (exact) mass is 263 g/mol. The molecule has 6 nitrogen and oxygen atoms in total. The first-order chi connectivity index (χ1) is 9.02. The Kier molecular flexibility index (Phi) is 3.90. The SMILES string of the molecule is CCC1CN(c2cc(C(N)=O)c(N)cn2)CCN1C. The Labute approximate surface area is 113 Å². The highest BCUT2D eigenvalue weighted by atomic mass is 16.1.